The predicted molar refractivity (Wildman–Crippen MR) is 479 cm³/mol. The molecular formula is C95H108F2N16O21. The number of amides is 12. The van der Waals surface area contributed by atoms with Gasteiger partial charge in [0.1, 0.15) is 57.0 Å². The first-order chi connectivity index (χ1) is 63.7. The molecule has 8 aromatic rings. The lowest BCUT2D eigenvalue weighted by atomic mass is 9.81. The quantitative estimate of drug-likeness (QED) is 0.0164. The topological polar surface area (TPSA) is 510 Å². The highest BCUT2D eigenvalue weighted by molar-refractivity contribution is 5.99. The minimum Gasteiger partial charge on any atom is -0.458 e. The predicted octanol–water partition coefficient (Wildman–Crippen LogP) is 3.10. The highest BCUT2D eigenvalue weighted by Crippen LogP contribution is 2.49. The van der Waals surface area contributed by atoms with Crippen molar-refractivity contribution in [3.05, 3.63) is 195 Å². The molecule has 708 valence electrons. The molecule has 2 aliphatic carbocycles. The number of aryl methyl sites for hydroxylation is 2. The maximum absolute atomic E-state index is 15.4. The highest BCUT2D eigenvalue weighted by atomic mass is 19.1. The second-order valence-electron chi connectivity index (χ2n) is 35.7. The Morgan fingerprint density at radius 1 is 0.493 bits per heavy atom. The van der Waals surface area contributed by atoms with Crippen LogP contribution in [0.4, 0.5) is 8.78 Å². The Labute approximate surface area is 767 Å². The largest absolute Gasteiger partial charge is 0.458 e. The second-order valence-corrected chi connectivity index (χ2v) is 35.7. The van der Waals surface area contributed by atoms with Gasteiger partial charge >= 0.3 is 11.9 Å². The van der Waals surface area contributed by atoms with E-state index in [-0.39, 0.29) is 111 Å². The lowest BCUT2D eigenvalue weighted by molar-refractivity contribution is -0.183. The van der Waals surface area contributed by atoms with Crippen LogP contribution in [-0.4, -0.2) is 178 Å². The summed E-state index contributed by atoms with van der Waals surface area (Å²) in [6.07, 6.45) is 2.17. The summed E-state index contributed by atoms with van der Waals surface area (Å²) in [5.41, 5.74) is 3.32. The first-order valence-corrected chi connectivity index (χ1v) is 44.2. The Morgan fingerprint density at radius 3 is 1.34 bits per heavy atom. The Balaban J connectivity index is 0.000000227. The zero-order valence-corrected chi connectivity index (χ0v) is 76.1. The number of nitrogens with zero attached hydrogens (tertiary/aromatic N) is 4. The van der Waals surface area contributed by atoms with Gasteiger partial charge in [0.05, 0.1) is 109 Å². The van der Waals surface area contributed by atoms with Crippen molar-refractivity contribution in [2.45, 2.75) is 196 Å². The van der Waals surface area contributed by atoms with E-state index in [2.05, 4.69) is 63.8 Å². The Bertz CT molecular complexity index is 6250. The number of ether oxygens (including phenoxy) is 4. The van der Waals surface area contributed by atoms with Crippen molar-refractivity contribution in [1.82, 2.24) is 82.9 Å². The minimum absolute atomic E-state index is 0.0105. The first kappa shape index (κ1) is 97.4. The third-order valence-corrected chi connectivity index (χ3v) is 24.7. The van der Waals surface area contributed by atoms with Gasteiger partial charge in [0, 0.05) is 75.3 Å². The number of aromatic nitrogens is 4. The Morgan fingerprint density at radius 2 is 0.903 bits per heavy atom. The number of nitrogens with one attached hydrogen (secondary N) is 12. The molecule has 39 heteroatoms. The fraction of sp³-hybridized carbons (Fsp3) is 0.432. The van der Waals surface area contributed by atoms with Gasteiger partial charge in [-0.25, -0.2) is 28.3 Å². The number of rotatable bonds is 32. The molecular weight excluding hydrogens is 1740 g/mol. The van der Waals surface area contributed by atoms with Gasteiger partial charge in [-0.15, -0.1) is 0 Å². The van der Waals surface area contributed by atoms with Crippen molar-refractivity contribution in [2.75, 3.05) is 59.3 Å². The van der Waals surface area contributed by atoms with E-state index in [9.17, 15) is 81.8 Å². The van der Waals surface area contributed by atoms with Gasteiger partial charge < -0.3 is 97.0 Å². The second kappa shape index (κ2) is 40.6. The molecule has 4 aromatic heterocycles. The molecule has 0 saturated carbocycles. The summed E-state index contributed by atoms with van der Waals surface area (Å²) in [5, 5.41) is 43.8. The molecule has 0 unspecified atom stereocenters. The van der Waals surface area contributed by atoms with Gasteiger partial charge in [-0.2, -0.15) is 0 Å². The molecule has 6 aliphatic rings. The zero-order valence-electron chi connectivity index (χ0n) is 76.1. The molecule has 0 fully saturated rings. The van der Waals surface area contributed by atoms with Gasteiger partial charge in [0.25, 0.3) is 11.1 Å². The average Bonchev–Trinajstić information content (AvgIpc) is 1.53. The summed E-state index contributed by atoms with van der Waals surface area (Å²) in [5.74, 6) is -9.24. The molecule has 4 aromatic carbocycles. The van der Waals surface area contributed by atoms with E-state index >= 15 is 8.78 Å². The van der Waals surface area contributed by atoms with Gasteiger partial charge in [-0.3, -0.25) is 67.1 Å². The third-order valence-electron chi connectivity index (χ3n) is 24.7. The number of hydrogen-bond acceptors (Lipinski definition) is 23. The van der Waals surface area contributed by atoms with Crippen molar-refractivity contribution in [3.8, 4) is 22.8 Å². The summed E-state index contributed by atoms with van der Waals surface area (Å²) in [7, 11) is 0. The van der Waals surface area contributed by atoms with Crippen LogP contribution < -0.4 is 74.9 Å². The van der Waals surface area contributed by atoms with Crippen LogP contribution in [0.1, 0.15) is 184 Å². The summed E-state index contributed by atoms with van der Waals surface area (Å²) in [4.78, 5) is 218. The lowest BCUT2D eigenvalue weighted by Crippen LogP contribution is -2.53. The molecule has 4 aliphatic heterocycles. The molecule has 14 rings (SSSR count). The number of cyclic esters (lactones) is 2. The number of carbonyl (C=O) groups excluding carboxylic acids is 14. The van der Waals surface area contributed by atoms with Crippen LogP contribution in [0.25, 0.3) is 44.6 Å². The number of esters is 2. The number of benzene rings is 4. The zero-order chi connectivity index (χ0) is 96.7. The summed E-state index contributed by atoms with van der Waals surface area (Å²) in [6, 6.07) is 20.2. The molecule has 0 spiro atoms. The average molecular weight is 1850 g/mol. The summed E-state index contributed by atoms with van der Waals surface area (Å²) < 4.78 is 56.1. The van der Waals surface area contributed by atoms with Crippen molar-refractivity contribution in [3.63, 3.8) is 0 Å². The van der Waals surface area contributed by atoms with Gasteiger partial charge in [-0.05, 0) is 109 Å². The van der Waals surface area contributed by atoms with Crippen LogP contribution in [0.2, 0.25) is 0 Å². The van der Waals surface area contributed by atoms with E-state index in [1.54, 1.807) is 149 Å². The number of fused-ring (bicyclic) bond motifs is 10. The van der Waals surface area contributed by atoms with E-state index in [1.807, 2.05) is 0 Å². The van der Waals surface area contributed by atoms with Crippen molar-refractivity contribution in [2.24, 2.45) is 10.8 Å². The van der Waals surface area contributed by atoms with Crippen LogP contribution in [0.15, 0.2) is 94.5 Å². The van der Waals surface area contributed by atoms with Crippen LogP contribution in [0.3, 0.4) is 0 Å². The molecule has 12 amide bonds. The van der Waals surface area contributed by atoms with E-state index in [4.69, 9.17) is 28.9 Å². The van der Waals surface area contributed by atoms with Crippen LogP contribution in [-0.2, 0) is 149 Å². The molecule has 0 bridgehead atoms. The standard InChI is InChI=1S/C48H55FN8O10.C47H53FN8O11/c1-7-36(58)54-32-15-14-27-25(3)31(49)18-33-40(27)41(32)28-22-57-35(42(28)56-33)17-30-29(44(57)63)23-66-46(65)48(30,8-2)67-24-53-38(60)19-51-43(62)34(16-26-12-10-9-11-13-26)55-39(61)21-50-37(59)20-52-45(64)47(4,5)6;1-6-47(65)29-15-34-41-27(20-56(34)43(62)28(29)21-67-45(47)64)40-31(13-12-26-24(2)30(48)16-32(55-41)39(26)40)53-38(60)22-66-23-52-36(58)17-50-42(61)33(14-25-10-8-7-9-11-25)54-37(59)19-49-35(57)18-51-44(63)46(3,4)5/h9-13,17-18,32,34H,7-8,14-16,19-24H2,1-6H3,(H,50,59)(H,51,62)(H,52,64)(H,53,60)(H,54,58)(H,55,61);7-11,15-16,31,33,65H,6,12-14,17-23H2,1-5H3,(H,49,57)(H,50,61)(H,51,63)(H,52,58)(H,53,60)(H,54,59)/t32-,34-,48-;31-,33-,47-/m00/s1. The van der Waals surface area contributed by atoms with E-state index in [0.29, 0.717) is 104 Å². The molecule has 134 heavy (non-hydrogen) atoms. The molecule has 6 atom stereocenters. The van der Waals surface area contributed by atoms with Crippen molar-refractivity contribution < 1.29 is 100.0 Å². The number of hydrogen-bond donors (Lipinski definition) is 13. The fourth-order valence-corrected chi connectivity index (χ4v) is 17.3. The van der Waals surface area contributed by atoms with Gasteiger partial charge in [0.2, 0.25) is 70.9 Å². The van der Waals surface area contributed by atoms with E-state index < -0.39 is 180 Å². The van der Waals surface area contributed by atoms with Crippen molar-refractivity contribution >= 4 is 105 Å². The number of pyridine rings is 4. The van der Waals surface area contributed by atoms with E-state index in [0.717, 1.165) is 22.1 Å². The highest BCUT2D eigenvalue weighted by Gasteiger charge is 2.50. The monoisotopic (exact) mass is 1850 g/mol. The maximum Gasteiger partial charge on any atom is 0.343 e. The molecule has 0 saturated heterocycles. The van der Waals surface area contributed by atoms with Crippen LogP contribution >= 0.6 is 0 Å². The third kappa shape index (κ3) is 20.9. The summed E-state index contributed by atoms with van der Waals surface area (Å²) >= 11 is 0. The summed E-state index contributed by atoms with van der Waals surface area (Å²) in [6.45, 7) is 14.0. The first-order valence-electron chi connectivity index (χ1n) is 44.2. The smallest absolute Gasteiger partial charge is 0.343 e. The Hall–Kier alpha value is -14.1. The normalized spacial score (nSPS) is 17.2. The minimum atomic E-state index is -2.04. The van der Waals surface area contributed by atoms with Crippen LogP contribution in [0, 0.1) is 36.3 Å². The van der Waals surface area contributed by atoms with Gasteiger partial charge in [-0.1, -0.05) is 123 Å². The molecule has 0 radical (unpaired) electrons. The maximum atomic E-state index is 15.4. The number of aliphatic hydroxyl groups is 1. The van der Waals surface area contributed by atoms with Gasteiger partial charge in [0.15, 0.2) is 11.2 Å². The Kier molecular flexibility index (Phi) is 29.5. The van der Waals surface area contributed by atoms with Crippen LogP contribution in [0.5, 0.6) is 0 Å². The molecule has 8 heterocycles. The molecule has 37 nitrogen and oxygen atoms in total. The van der Waals surface area contributed by atoms with E-state index in [1.165, 1.54) is 21.3 Å². The molecule has 13 N–H and O–H groups in total. The lowest BCUT2D eigenvalue weighted by Gasteiger charge is -2.36. The number of halogens is 2. The SMILES string of the molecule is CCC(=O)N[C@H]1CCc2c(C)c(F)cc3nc4c(c1c23)Cn1c-4cc2c(c1=O)COC(=O)[C@@]2(CC)OCNC(=O)CNC(=O)[C@H](Cc1ccccc1)NC(=O)CNC(=O)CNC(=O)C(C)(C)C.CC[C@@]1(O)C(=O)OCc2c1cc1n(c2=O)Cc2c-1nc1cc(F)c(C)c3c1c2[C@@H](NC(=O)COCNC(=O)CNC(=O)[C@H](Cc1ccccc1)NC(=O)CNC(=O)CNC(=O)C(C)(C)C)CC3. The number of carbonyl (C=O) groups is 14. The fourth-order valence-electron chi connectivity index (χ4n) is 17.3. The van der Waals surface area contributed by atoms with Crippen molar-refractivity contribution in [1.29, 1.82) is 0 Å².